The summed E-state index contributed by atoms with van der Waals surface area (Å²) in [4.78, 5) is 24.4. The minimum Gasteiger partial charge on any atom is -0.469 e. The van der Waals surface area contributed by atoms with Crippen molar-refractivity contribution in [1.82, 2.24) is 15.1 Å². The zero-order valence-corrected chi connectivity index (χ0v) is 16.2. The van der Waals surface area contributed by atoms with Crippen LogP contribution in [-0.4, -0.2) is 34.8 Å². The number of aromatic nitrogens is 2. The number of carbonyl (C=O) groups is 2. The Labute approximate surface area is 164 Å². The fraction of sp³-hybridized carbons (Fsp3) is 0.227. The first-order valence-corrected chi connectivity index (χ1v) is 9.07. The number of amides is 1. The lowest BCUT2D eigenvalue weighted by atomic mass is 10.1. The van der Waals surface area contributed by atoms with Gasteiger partial charge in [0.1, 0.15) is 5.69 Å². The molecule has 0 saturated carbocycles. The summed E-state index contributed by atoms with van der Waals surface area (Å²) in [5.74, 6) is -0.653. The fourth-order valence-electron chi connectivity index (χ4n) is 2.86. The van der Waals surface area contributed by atoms with Gasteiger partial charge in [-0.2, -0.15) is 5.10 Å². The van der Waals surface area contributed by atoms with E-state index >= 15 is 0 Å². The summed E-state index contributed by atoms with van der Waals surface area (Å²) in [6, 6.07) is 17.1. The SMILES string of the molecule is COC(=O)CC(C)NC(=O)c1cn(-c2ccc(C)cc2)nc1-c1ccccc1. The van der Waals surface area contributed by atoms with E-state index in [-0.39, 0.29) is 24.3 Å². The van der Waals surface area contributed by atoms with Crippen LogP contribution in [-0.2, 0) is 9.53 Å². The molecule has 0 aliphatic carbocycles. The topological polar surface area (TPSA) is 73.2 Å². The molecule has 0 spiro atoms. The number of methoxy groups -OCH3 is 1. The Morgan fingerprint density at radius 3 is 2.43 bits per heavy atom. The third kappa shape index (κ3) is 4.46. The zero-order valence-electron chi connectivity index (χ0n) is 16.2. The van der Waals surface area contributed by atoms with E-state index in [1.807, 2.05) is 61.5 Å². The number of hydrogen-bond acceptors (Lipinski definition) is 4. The van der Waals surface area contributed by atoms with Gasteiger partial charge in [-0.25, -0.2) is 4.68 Å². The predicted molar refractivity (Wildman–Crippen MR) is 107 cm³/mol. The van der Waals surface area contributed by atoms with Crippen molar-refractivity contribution in [2.75, 3.05) is 7.11 Å². The van der Waals surface area contributed by atoms with Crippen LogP contribution in [0.2, 0.25) is 0 Å². The highest BCUT2D eigenvalue weighted by Gasteiger charge is 2.21. The second kappa shape index (κ2) is 8.52. The monoisotopic (exact) mass is 377 g/mol. The lowest BCUT2D eigenvalue weighted by molar-refractivity contribution is -0.141. The van der Waals surface area contributed by atoms with Crippen molar-refractivity contribution in [1.29, 1.82) is 0 Å². The Bertz CT molecular complexity index is 962. The van der Waals surface area contributed by atoms with Crippen molar-refractivity contribution < 1.29 is 14.3 Å². The zero-order chi connectivity index (χ0) is 20.1. The standard InChI is InChI=1S/C22H23N3O3/c1-15-9-11-18(12-10-15)25-14-19(21(24-25)17-7-5-4-6-8-17)22(27)23-16(2)13-20(26)28-3/h4-12,14,16H,13H2,1-3H3,(H,23,27). The van der Waals surface area contributed by atoms with Gasteiger partial charge in [-0.3, -0.25) is 9.59 Å². The van der Waals surface area contributed by atoms with Crippen LogP contribution < -0.4 is 5.32 Å². The molecule has 1 aromatic heterocycles. The van der Waals surface area contributed by atoms with Crippen LogP contribution in [0.15, 0.2) is 60.8 Å². The number of nitrogens with zero attached hydrogens (tertiary/aromatic N) is 2. The van der Waals surface area contributed by atoms with E-state index in [0.717, 1.165) is 16.8 Å². The molecule has 1 heterocycles. The third-order valence-electron chi connectivity index (χ3n) is 4.38. The summed E-state index contributed by atoms with van der Waals surface area (Å²) in [7, 11) is 1.33. The van der Waals surface area contributed by atoms with E-state index in [1.54, 1.807) is 17.8 Å². The van der Waals surface area contributed by atoms with Gasteiger partial charge < -0.3 is 10.1 Å². The highest BCUT2D eigenvalue weighted by molar-refractivity contribution is 6.00. The molecule has 0 bridgehead atoms. The van der Waals surface area contributed by atoms with Crippen LogP contribution in [0.25, 0.3) is 16.9 Å². The van der Waals surface area contributed by atoms with E-state index in [2.05, 4.69) is 15.2 Å². The molecule has 144 valence electrons. The minimum absolute atomic E-state index is 0.106. The van der Waals surface area contributed by atoms with Crippen molar-refractivity contribution in [3.63, 3.8) is 0 Å². The number of nitrogens with one attached hydrogen (secondary N) is 1. The first-order valence-electron chi connectivity index (χ1n) is 9.07. The molecule has 1 amide bonds. The number of aryl methyl sites for hydroxylation is 1. The van der Waals surface area contributed by atoms with Gasteiger partial charge in [-0.1, -0.05) is 48.0 Å². The Kier molecular flexibility index (Phi) is 5.89. The molecule has 1 unspecified atom stereocenters. The molecular weight excluding hydrogens is 354 g/mol. The van der Waals surface area contributed by atoms with Gasteiger partial charge in [0.2, 0.25) is 0 Å². The second-order valence-electron chi connectivity index (χ2n) is 6.69. The van der Waals surface area contributed by atoms with Crippen molar-refractivity contribution in [2.24, 2.45) is 0 Å². The normalized spacial score (nSPS) is 11.7. The molecule has 1 atom stereocenters. The Morgan fingerprint density at radius 1 is 1.11 bits per heavy atom. The van der Waals surface area contributed by atoms with E-state index in [1.165, 1.54) is 7.11 Å². The molecule has 0 aliphatic heterocycles. The first kappa shape index (κ1) is 19.4. The lowest BCUT2D eigenvalue weighted by Gasteiger charge is -2.12. The molecule has 6 heteroatoms. The summed E-state index contributed by atoms with van der Waals surface area (Å²) in [6.07, 6.45) is 1.82. The Morgan fingerprint density at radius 2 is 1.79 bits per heavy atom. The van der Waals surface area contributed by atoms with E-state index < -0.39 is 0 Å². The summed E-state index contributed by atoms with van der Waals surface area (Å²) in [6.45, 7) is 3.78. The molecule has 0 radical (unpaired) electrons. The van der Waals surface area contributed by atoms with Crippen LogP contribution in [0.3, 0.4) is 0 Å². The molecule has 2 aromatic carbocycles. The maximum Gasteiger partial charge on any atom is 0.307 e. The first-order chi connectivity index (χ1) is 13.5. The number of ether oxygens (including phenoxy) is 1. The number of benzene rings is 2. The molecule has 1 N–H and O–H groups in total. The van der Waals surface area contributed by atoms with E-state index in [0.29, 0.717) is 11.3 Å². The molecule has 6 nitrogen and oxygen atoms in total. The van der Waals surface area contributed by atoms with Gasteiger partial charge in [0.15, 0.2) is 0 Å². The van der Waals surface area contributed by atoms with Crippen LogP contribution >= 0.6 is 0 Å². The van der Waals surface area contributed by atoms with Gasteiger partial charge >= 0.3 is 5.97 Å². The van der Waals surface area contributed by atoms with Crippen molar-refractivity contribution >= 4 is 11.9 Å². The molecular formula is C22H23N3O3. The summed E-state index contributed by atoms with van der Waals surface area (Å²) in [5, 5.41) is 7.50. The molecule has 0 saturated heterocycles. The summed E-state index contributed by atoms with van der Waals surface area (Å²) in [5.41, 5.74) is 3.89. The lowest BCUT2D eigenvalue weighted by Crippen LogP contribution is -2.34. The van der Waals surface area contributed by atoms with Crippen LogP contribution in [0.1, 0.15) is 29.3 Å². The molecule has 3 rings (SSSR count). The largest absolute Gasteiger partial charge is 0.469 e. The maximum atomic E-state index is 12.9. The highest BCUT2D eigenvalue weighted by Crippen LogP contribution is 2.24. The van der Waals surface area contributed by atoms with Gasteiger partial charge in [-0.15, -0.1) is 0 Å². The quantitative estimate of drug-likeness (QED) is 0.667. The average molecular weight is 377 g/mol. The van der Waals surface area contributed by atoms with E-state index in [9.17, 15) is 9.59 Å². The van der Waals surface area contributed by atoms with E-state index in [4.69, 9.17) is 0 Å². The molecule has 0 aliphatic rings. The van der Waals surface area contributed by atoms with Gasteiger partial charge in [0.05, 0.1) is 24.8 Å². The van der Waals surface area contributed by atoms with Crippen molar-refractivity contribution in [3.05, 3.63) is 71.9 Å². The average Bonchev–Trinajstić information content (AvgIpc) is 3.14. The van der Waals surface area contributed by atoms with Crippen molar-refractivity contribution in [3.8, 4) is 16.9 Å². The van der Waals surface area contributed by atoms with Gasteiger partial charge in [-0.05, 0) is 26.0 Å². The van der Waals surface area contributed by atoms with Gasteiger partial charge in [0, 0.05) is 17.8 Å². The predicted octanol–water partition coefficient (Wildman–Crippen LogP) is 3.53. The van der Waals surface area contributed by atoms with Crippen LogP contribution in [0, 0.1) is 6.92 Å². The number of hydrogen-bond donors (Lipinski definition) is 1. The molecule has 0 fully saturated rings. The van der Waals surface area contributed by atoms with Crippen LogP contribution in [0.4, 0.5) is 0 Å². The number of rotatable bonds is 6. The third-order valence-corrected chi connectivity index (χ3v) is 4.38. The Hall–Kier alpha value is -3.41. The molecule has 28 heavy (non-hydrogen) atoms. The van der Waals surface area contributed by atoms with Crippen molar-refractivity contribution in [2.45, 2.75) is 26.3 Å². The van der Waals surface area contributed by atoms with Gasteiger partial charge in [0.25, 0.3) is 5.91 Å². The number of carbonyl (C=O) groups excluding carboxylic acids is 2. The molecule has 3 aromatic rings. The smallest absolute Gasteiger partial charge is 0.307 e. The highest BCUT2D eigenvalue weighted by atomic mass is 16.5. The number of esters is 1. The summed E-state index contributed by atoms with van der Waals surface area (Å²) >= 11 is 0. The summed E-state index contributed by atoms with van der Waals surface area (Å²) < 4.78 is 6.36. The maximum absolute atomic E-state index is 12.9. The van der Waals surface area contributed by atoms with Crippen LogP contribution in [0.5, 0.6) is 0 Å². The Balaban J connectivity index is 1.95. The fourth-order valence-corrected chi connectivity index (χ4v) is 2.86. The minimum atomic E-state index is -0.369. The second-order valence-corrected chi connectivity index (χ2v) is 6.69.